The van der Waals surface area contributed by atoms with Crippen LogP contribution in [-0.2, 0) is 28.2 Å². The Hall–Kier alpha value is -1.97. The summed E-state index contributed by atoms with van der Waals surface area (Å²) in [5.74, 6) is 0.483. The van der Waals surface area contributed by atoms with E-state index in [1.54, 1.807) is 17.8 Å². The predicted octanol–water partition coefficient (Wildman–Crippen LogP) is 0.420. The fourth-order valence-corrected chi connectivity index (χ4v) is 4.14. The molecule has 0 amide bonds. The quantitative estimate of drug-likeness (QED) is 0.837. The first-order valence-electron chi connectivity index (χ1n) is 7.75. The first kappa shape index (κ1) is 16.9. The Balaban J connectivity index is 1.64. The summed E-state index contributed by atoms with van der Waals surface area (Å²) in [6.45, 7) is 1.06. The fraction of sp³-hybridized carbons (Fsp3) is 0.467. The highest BCUT2D eigenvalue weighted by Gasteiger charge is 2.32. The largest absolute Gasteiger partial charge is 0.384 e. The van der Waals surface area contributed by atoms with Gasteiger partial charge in [0.2, 0.25) is 0 Å². The van der Waals surface area contributed by atoms with Gasteiger partial charge < -0.3 is 15.0 Å². The summed E-state index contributed by atoms with van der Waals surface area (Å²) in [5, 5.41) is 0.0764. The minimum Gasteiger partial charge on any atom is -0.384 e. The molecule has 1 fully saturated rings. The molecule has 9 heteroatoms. The highest BCUT2D eigenvalue weighted by atomic mass is 32.2. The molecule has 0 spiro atoms. The molecule has 1 saturated heterocycles. The zero-order valence-corrected chi connectivity index (χ0v) is 14.3. The Morgan fingerprint density at radius 3 is 2.96 bits per heavy atom. The molecule has 24 heavy (non-hydrogen) atoms. The molecule has 0 unspecified atom stereocenters. The first-order valence-corrected chi connectivity index (χ1v) is 9.19. The molecule has 130 valence electrons. The van der Waals surface area contributed by atoms with Crippen LogP contribution in [0.15, 0.2) is 35.9 Å². The molecule has 2 aromatic heterocycles. The number of imidazole rings is 1. The van der Waals surface area contributed by atoms with E-state index in [9.17, 15) is 8.42 Å². The number of aryl methyl sites for hydroxylation is 2. The van der Waals surface area contributed by atoms with Gasteiger partial charge in [0.05, 0.1) is 19.0 Å². The van der Waals surface area contributed by atoms with Crippen LogP contribution in [0.3, 0.4) is 0 Å². The van der Waals surface area contributed by atoms with Gasteiger partial charge in [-0.3, -0.25) is 0 Å². The molecule has 0 aliphatic carbocycles. The van der Waals surface area contributed by atoms with Crippen LogP contribution in [0.4, 0.5) is 5.82 Å². The second-order valence-corrected chi connectivity index (χ2v) is 7.75. The second kappa shape index (κ2) is 6.88. The average molecular weight is 351 g/mol. The predicted molar refractivity (Wildman–Crippen MR) is 88.7 cm³/mol. The van der Waals surface area contributed by atoms with Gasteiger partial charge in [-0.2, -0.15) is 4.31 Å². The zero-order valence-electron chi connectivity index (χ0n) is 13.5. The Bertz CT molecular complexity index is 805. The van der Waals surface area contributed by atoms with Crippen LogP contribution in [0.25, 0.3) is 0 Å². The first-order chi connectivity index (χ1) is 11.4. The summed E-state index contributed by atoms with van der Waals surface area (Å²) in [4.78, 5) is 7.93. The third kappa shape index (κ3) is 3.74. The van der Waals surface area contributed by atoms with Crippen molar-refractivity contribution in [3.05, 3.63) is 36.4 Å². The minimum atomic E-state index is -3.57. The van der Waals surface area contributed by atoms with Crippen LogP contribution in [0.1, 0.15) is 12.0 Å². The summed E-state index contributed by atoms with van der Waals surface area (Å²) in [7, 11) is -1.83. The fourth-order valence-electron chi connectivity index (χ4n) is 2.72. The Labute approximate surface area is 141 Å². The summed E-state index contributed by atoms with van der Waals surface area (Å²) in [6.07, 6.45) is 6.00. The number of hydrogen-bond acceptors (Lipinski definition) is 6. The molecule has 1 atom stereocenters. The highest BCUT2D eigenvalue weighted by molar-refractivity contribution is 7.89. The maximum absolute atomic E-state index is 12.6. The highest BCUT2D eigenvalue weighted by Crippen LogP contribution is 2.19. The van der Waals surface area contributed by atoms with Gasteiger partial charge in [-0.15, -0.1) is 0 Å². The van der Waals surface area contributed by atoms with E-state index in [2.05, 4.69) is 9.97 Å². The van der Waals surface area contributed by atoms with Gasteiger partial charge in [-0.25, -0.2) is 18.4 Å². The monoisotopic (exact) mass is 351 g/mol. The smallest absolute Gasteiger partial charge is 0.262 e. The lowest BCUT2D eigenvalue weighted by Gasteiger charge is -2.31. The van der Waals surface area contributed by atoms with E-state index < -0.39 is 10.0 Å². The Morgan fingerprint density at radius 1 is 1.42 bits per heavy atom. The Kier molecular flexibility index (Phi) is 4.83. The van der Waals surface area contributed by atoms with E-state index in [0.29, 0.717) is 25.5 Å². The molecule has 0 aromatic carbocycles. The van der Waals surface area contributed by atoms with Crippen LogP contribution in [0.5, 0.6) is 0 Å². The molecule has 2 aromatic rings. The van der Waals surface area contributed by atoms with Gasteiger partial charge in [0.15, 0.2) is 5.03 Å². The Morgan fingerprint density at radius 2 is 2.25 bits per heavy atom. The number of morpholine rings is 1. The molecule has 0 radical (unpaired) electrons. The van der Waals surface area contributed by atoms with Crippen molar-refractivity contribution >= 4 is 15.8 Å². The average Bonchev–Trinajstić information content (AvgIpc) is 3.01. The molecule has 1 aliphatic rings. The minimum absolute atomic E-state index is 0.0764. The number of rotatable bonds is 5. The van der Waals surface area contributed by atoms with Gasteiger partial charge in [0.1, 0.15) is 5.82 Å². The number of ether oxygens (including phenoxy) is 1. The van der Waals surface area contributed by atoms with Crippen molar-refractivity contribution in [3.8, 4) is 0 Å². The van der Waals surface area contributed by atoms with E-state index in [4.69, 9.17) is 10.5 Å². The third-order valence-corrected chi connectivity index (χ3v) is 5.74. The molecule has 0 bridgehead atoms. The number of anilines is 1. The van der Waals surface area contributed by atoms with E-state index in [0.717, 1.165) is 18.4 Å². The van der Waals surface area contributed by atoms with Gasteiger partial charge >= 0.3 is 0 Å². The summed E-state index contributed by atoms with van der Waals surface area (Å²) < 4.78 is 34.1. The van der Waals surface area contributed by atoms with E-state index in [-0.39, 0.29) is 11.1 Å². The zero-order chi connectivity index (χ0) is 17.2. The topological polar surface area (TPSA) is 103 Å². The number of nitrogens with zero attached hydrogens (tertiary/aromatic N) is 4. The normalized spacial score (nSPS) is 19.5. The lowest BCUT2D eigenvalue weighted by atomic mass is 10.1. The van der Waals surface area contributed by atoms with Crippen LogP contribution in [0.2, 0.25) is 0 Å². The van der Waals surface area contributed by atoms with Crippen molar-refractivity contribution in [2.45, 2.75) is 24.0 Å². The van der Waals surface area contributed by atoms with Gasteiger partial charge in [0.25, 0.3) is 10.0 Å². The second-order valence-electron chi connectivity index (χ2n) is 5.86. The van der Waals surface area contributed by atoms with Crippen molar-refractivity contribution < 1.29 is 13.2 Å². The molecule has 2 N–H and O–H groups in total. The van der Waals surface area contributed by atoms with Crippen molar-refractivity contribution in [2.75, 3.05) is 25.4 Å². The summed E-state index contributed by atoms with van der Waals surface area (Å²) in [6, 6.07) is 3.73. The van der Waals surface area contributed by atoms with Crippen molar-refractivity contribution in [1.29, 1.82) is 0 Å². The number of pyridine rings is 1. The molecule has 3 rings (SSSR count). The molecule has 0 saturated carbocycles. The van der Waals surface area contributed by atoms with Crippen LogP contribution in [-0.4, -0.2) is 53.1 Å². The maximum atomic E-state index is 12.6. The number of sulfonamides is 1. The van der Waals surface area contributed by atoms with Crippen LogP contribution >= 0.6 is 0 Å². The van der Waals surface area contributed by atoms with Crippen molar-refractivity contribution in [2.24, 2.45) is 7.05 Å². The van der Waals surface area contributed by atoms with Crippen LogP contribution < -0.4 is 5.73 Å². The molecule has 3 heterocycles. The van der Waals surface area contributed by atoms with Gasteiger partial charge in [0, 0.05) is 32.5 Å². The van der Waals surface area contributed by atoms with E-state index >= 15 is 0 Å². The lowest BCUT2D eigenvalue weighted by molar-refractivity contribution is -0.00532. The van der Waals surface area contributed by atoms with Crippen molar-refractivity contribution in [3.63, 3.8) is 0 Å². The molecular weight excluding hydrogens is 330 g/mol. The number of nitrogen functional groups attached to an aromatic ring is 1. The lowest BCUT2D eigenvalue weighted by Crippen LogP contribution is -2.45. The number of nitrogens with two attached hydrogens (primary N) is 1. The van der Waals surface area contributed by atoms with E-state index in [1.807, 2.05) is 12.1 Å². The van der Waals surface area contributed by atoms with Crippen LogP contribution in [0, 0.1) is 0 Å². The van der Waals surface area contributed by atoms with E-state index in [1.165, 1.54) is 16.8 Å². The van der Waals surface area contributed by atoms with Gasteiger partial charge in [-0.05, 0) is 30.5 Å². The maximum Gasteiger partial charge on any atom is 0.262 e. The molecule has 1 aliphatic heterocycles. The van der Waals surface area contributed by atoms with Crippen molar-refractivity contribution in [1.82, 2.24) is 18.8 Å². The standard InChI is InChI=1S/C15H21N5O3S/c1-19-10-15(18-11-19)24(21,22)20-6-7-23-13(9-20)3-2-12-4-5-17-14(16)8-12/h4-5,8,10-11,13H,2-3,6-7,9H2,1H3,(H2,16,17)/t13-/m1/s1. The summed E-state index contributed by atoms with van der Waals surface area (Å²) in [5.41, 5.74) is 6.74. The number of hydrogen-bond donors (Lipinski definition) is 1. The summed E-state index contributed by atoms with van der Waals surface area (Å²) >= 11 is 0. The van der Waals surface area contributed by atoms with Gasteiger partial charge in [-0.1, -0.05) is 0 Å². The SMILES string of the molecule is Cn1cnc(S(=O)(=O)N2CCO[C@H](CCc3ccnc(N)c3)C2)c1. The molecular formula is C15H21N5O3S. The third-order valence-electron chi connectivity index (χ3n) is 3.99. The number of aromatic nitrogens is 3. The molecule has 8 nitrogen and oxygen atoms in total.